The van der Waals surface area contributed by atoms with Gasteiger partial charge in [-0.3, -0.25) is 9.69 Å². The zero-order chi connectivity index (χ0) is 22.3. The molecule has 1 atom stereocenters. The number of likely N-dealkylation sites (tertiary alicyclic amines) is 1. The molecule has 5 nitrogen and oxygen atoms in total. The highest BCUT2D eigenvalue weighted by Gasteiger charge is 2.62. The van der Waals surface area contributed by atoms with E-state index in [2.05, 4.69) is 5.32 Å². The molecule has 0 bridgehead atoms. The Kier molecular flexibility index (Phi) is 7.56. The van der Waals surface area contributed by atoms with Gasteiger partial charge < -0.3 is 14.8 Å². The number of amides is 1. The van der Waals surface area contributed by atoms with E-state index in [0.717, 1.165) is 5.56 Å². The van der Waals surface area contributed by atoms with Crippen molar-refractivity contribution in [2.75, 3.05) is 33.4 Å². The van der Waals surface area contributed by atoms with Gasteiger partial charge >= 0.3 is 6.18 Å². The van der Waals surface area contributed by atoms with E-state index in [4.69, 9.17) is 9.47 Å². The molecule has 0 saturated carbocycles. The van der Waals surface area contributed by atoms with Crippen LogP contribution < -0.4 is 10.1 Å². The van der Waals surface area contributed by atoms with Gasteiger partial charge in [0.1, 0.15) is 12.4 Å². The molecule has 1 amide bonds. The average Bonchev–Trinajstić information content (AvgIpc) is 3.19. The minimum Gasteiger partial charge on any atom is -0.491 e. The molecule has 0 radical (unpaired) electrons. The fourth-order valence-electron chi connectivity index (χ4n) is 3.71. The zero-order valence-electron chi connectivity index (χ0n) is 17.5. The maximum atomic E-state index is 14.0. The normalized spacial score (nSPS) is 19.4. The van der Waals surface area contributed by atoms with Crippen LogP contribution in [-0.2, 0) is 22.6 Å². The van der Waals surface area contributed by atoms with Crippen LogP contribution in [0.5, 0.6) is 5.75 Å². The Morgan fingerprint density at radius 1 is 1.06 bits per heavy atom. The molecule has 8 heteroatoms. The summed E-state index contributed by atoms with van der Waals surface area (Å²) < 4.78 is 52.3. The first-order valence-corrected chi connectivity index (χ1v) is 10.2. The van der Waals surface area contributed by atoms with Gasteiger partial charge in [0.2, 0.25) is 5.91 Å². The zero-order valence-corrected chi connectivity index (χ0v) is 17.5. The van der Waals surface area contributed by atoms with E-state index >= 15 is 0 Å². The second-order valence-corrected chi connectivity index (χ2v) is 7.69. The number of nitrogens with zero attached hydrogens (tertiary/aromatic N) is 1. The monoisotopic (exact) mass is 436 g/mol. The first-order chi connectivity index (χ1) is 14.8. The van der Waals surface area contributed by atoms with Crippen molar-refractivity contribution in [1.29, 1.82) is 0 Å². The average molecular weight is 436 g/mol. The highest BCUT2D eigenvalue weighted by molar-refractivity contribution is 5.84. The van der Waals surface area contributed by atoms with E-state index in [9.17, 15) is 18.0 Å². The molecule has 2 aromatic rings. The lowest BCUT2D eigenvalue weighted by atomic mass is 9.85. The quantitative estimate of drug-likeness (QED) is 0.608. The number of halogens is 3. The van der Waals surface area contributed by atoms with Gasteiger partial charge in [-0.25, -0.2) is 0 Å². The van der Waals surface area contributed by atoms with Crippen LogP contribution in [0.15, 0.2) is 54.6 Å². The molecule has 1 fully saturated rings. The SMILES string of the molecule is COCCOc1ccc(CNC(=O)C2(C(F)(F)F)CCN(Cc3ccccc3)C2)cc1. The predicted octanol–water partition coefficient (Wildman–Crippen LogP) is 3.78. The Morgan fingerprint density at radius 2 is 1.77 bits per heavy atom. The number of ether oxygens (including phenoxy) is 2. The van der Waals surface area contributed by atoms with Crippen LogP contribution in [0.1, 0.15) is 17.5 Å². The molecule has 3 rings (SSSR count). The highest BCUT2D eigenvalue weighted by Crippen LogP contribution is 2.46. The van der Waals surface area contributed by atoms with E-state index in [0.29, 0.717) is 31.1 Å². The van der Waals surface area contributed by atoms with Crippen LogP contribution in [0.25, 0.3) is 0 Å². The fourth-order valence-corrected chi connectivity index (χ4v) is 3.71. The van der Waals surface area contributed by atoms with E-state index in [1.165, 1.54) is 0 Å². The number of benzene rings is 2. The number of alkyl halides is 3. The molecular weight excluding hydrogens is 409 g/mol. The molecule has 0 spiro atoms. The summed E-state index contributed by atoms with van der Waals surface area (Å²) in [6, 6.07) is 16.2. The smallest absolute Gasteiger partial charge is 0.404 e. The van der Waals surface area contributed by atoms with Crippen LogP contribution in [0.4, 0.5) is 13.2 Å². The van der Waals surface area contributed by atoms with Gasteiger partial charge in [0, 0.05) is 26.7 Å². The van der Waals surface area contributed by atoms with E-state index in [1.807, 2.05) is 30.3 Å². The van der Waals surface area contributed by atoms with E-state index in [-0.39, 0.29) is 26.1 Å². The van der Waals surface area contributed by atoms with Crippen molar-refractivity contribution >= 4 is 5.91 Å². The largest absolute Gasteiger partial charge is 0.491 e. The maximum Gasteiger partial charge on any atom is 0.404 e. The van der Waals surface area contributed by atoms with Gasteiger partial charge in [0.15, 0.2) is 5.41 Å². The predicted molar refractivity (Wildman–Crippen MR) is 110 cm³/mol. The summed E-state index contributed by atoms with van der Waals surface area (Å²) in [6.07, 6.45) is -4.87. The standard InChI is InChI=1S/C23H27F3N2O3/c1-30-13-14-31-20-9-7-18(8-10-20)15-27-21(29)22(23(24,25)26)11-12-28(17-22)16-19-5-3-2-4-6-19/h2-10H,11-17H2,1H3,(H,27,29). The Balaban J connectivity index is 1.60. The third-order valence-corrected chi connectivity index (χ3v) is 5.51. The lowest BCUT2D eigenvalue weighted by Gasteiger charge is -2.30. The maximum absolute atomic E-state index is 14.0. The van der Waals surface area contributed by atoms with Crippen LogP contribution in [0.2, 0.25) is 0 Å². The molecule has 2 aromatic carbocycles. The van der Waals surface area contributed by atoms with Crippen molar-refractivity contribution in [2.45, 2.75) is 25.7 Å². The number of methoxy groups -OCH3 is 1. The Bertz CT molecular complexity index is 843. The number of carbonyl (C=O) groups excluding carboxylic acids is 1. The number of rotatable bonds is 9. The second kappa shape index (κ2) is 10.2. The van der Waals surface area contributed by atoms with Crippen LogP contribution >= 0.6 is 0 Å². The minimum atomic E-state index is -4.62. The third kappa shape index (κ3) is 5.77. The van der Waals surface area contributed by atoms with Gasteiger partial charge in [-0.2, -0.15) is 13.2 Å². The van der Waals surface area contributed by atoms with Crippen molar-refractivity contribution in [3.8, 4) is 5.75 Å². The summed E-state index contributed by atoms with van der Waals surface area (Å²) in [7, 11) is 1.58. The summed E-state index contributed by atoms with van der Waals surface area (Å²) in [5.74, 6) is -0.345. The summed E-state index contributed by atoms with van der Waals surface area (Å²) in [5.41, 5.74) is -0.775. The molecule has 0 aliphatic carbocycles. The molecule has 1 heterocycles. The summed E-state index contributed by atoms with van der Waals surface area (Å²) in [6.45, 7) is 1.14. The molecule has 1 saturated heterocycles. The van der Waals surface area contributed by atoms with Gasteiger partial charge in [0.05, 0.1) is 6.61 Å². The van der Waals surface area contributed by atoms with Gasteiger partial charge in [-0.1, -0.05) is 42.5 Å². The molecule has 1 N–H and O–H groups in total. The lowest BCUT2D eigenvalue weighted by Crippen LogP contribution is -2.52. The van der Waals surface area contributed by atoms with Crippen LogP contribution in [-0.4, -0.2) is 50.4 Å². The fraction of sp³-hybridized carbons (Fsp3) is 0.435. The number of hydrogen-bond acceptors (Lipinski definition) is 4. The number of carbonyl (C=O) groups is 1. The van der Waals surface area contributed by atoms with Gasteiger partial charge in [-0.05, 0) is 36.2 Å². The third-order valence-electron chi connectivity index (χ3n) is 5.51. The first kappa shape index (κ1) is 23.1. The molecule has 31 heavy (non-hydrogen) atoms. The Labute approximate surface area is 180 Å². The Morgan fingerprint density at radius 3 is 2.42 bits per heavy atom. The summed E-state index contributed by atoms with van der Waals surface area (Å²) in [4.78, 5) is 14.4. The molecule has 0 aromatic heterocycles. The highest BCUT2D eigenvalue weighted by atomic mass is 19.4. The molecular formula is C23H27F3N2O3. The van der Waals surface area contributed by atoms with Gasteiger partial charge in [-0.15, -0.1) is 0 Å². The minimum absolute atomic E-state index is 0.0215. The summed E-state index contributed by atoms with van der Waals surface area (Å²) in [5, 5.41) is 2.50. The molecule has 1 aliphatic rings. The molecule has 168 valence electrons. The second-order valence-electron chi connectivity index (χ2n) is 7.69. The van der Waals surface area contributed by atoms with E-state index in [1.54, 1.807) is 36.3 Å². The first-order valence-electron chi connectivity index (χ1n) is 10.2. The number of hydrogen-bond donors (Lipinski definition) is 1. The van der Waals surface area contributed by atoms with Crippen molar-refractivity contribution in [3.05, 3.63) is 65.7 Å². The van der Waals surface area contributed by atoms with Crippen LogP contribution in [0, 0.1) is 5.41 Å². The van der Waals surface area contributed by atoms with Gasteiger partial charge in [0.25, 0.3) is 0 Å². The van der Waals surface area contributed by atoms with Crippen molar-refractivity contribution in [3.63, 3.8) is 0 Å². The lowest BCUT2D eigenvalue weighted by molar-refractivity contribution is -0.218. The van der Waals surface area contributed by atoms with Crippen molar-refractivity contribution in [1.82, 2.24) is 10.2 Å². The molecule has 1 unspecified atom stereocenters. The van der Waals surface area contributed by atoms with Crippen molar-refractivity contribution < 1.29 is 27.4 Å². The number of nitrogens with one attached hydrogen (secondary N) is 1. The Hall–Kier alpha value is -2.58. The summed E-state index contributed by atoms with van der Waals surface area (Å²) >= 11 is 0. The van der Waals surface area contributed by atoms with Crippen LogP contribution in [0.3, 0.4) is 0 Å². The molecule has 1 aliphatic heterocycles. The topological polar surface area (TPSA) is 50.8 Å². The van der Waals surface area contributed by atoms with Crippen molar-refractivity contribution in [2.24, 2.45) is 5.41 Å². The van der Waals surface area contributed by atoms with E-state index < -0.39 is 17.5 Å².